The van der Waals surface area contributed by atoms with Gasteiger partial charge in [-0.25, -0.2) is 4.79 Å². The van der Waals surface area contributed by atoms with Crippen LogP contribution in [0.25, 0.3) is 10.6 Å². The number of aryl methyl sites for hydroxylation is 2. The van der Waals surface area contributed by atoms with Gasteiger partial charge in [0.15, 0.2) is 0 Å². The van der Waals surface area contributed by atoms with E-state index < -0.39 is 5.97 Å². The van der Waals surface area contributed by atoms with Crippen LogP contribution in [-0.2, 0) is 19.1 Å². The van der Waals surface area contributed by atoms with Gasteiger partial charge in [-0.15, -0.1) is 21.5 Å². The summed E-state index contributed by atoms with van der Waals surface area (Å²) >= 11 is 7.87. The van der Waals surface area contributed by atoms with Gasteiger partial charge in [0.25, 0.3) is 0 Å². The Morgan fingerprint density at radius 3 is 2.62 bits per heavy atom. The molecule has 0 aliphatic carbocycles. The number of aromatic nitrogens is 3. The highest BCUT2D eigenvalue weighted by Crippen LogP contribution is 2.44. The molecule has 0 radical (unpaired) electrons. The number of fused-ring (bicyclic) bond motifs is 3. The molecule has 8 nitrogen and oxygen atoms in total. The van der Waals surface area contributed by atoms with E-state index in [4.69, 9.17) is 16.3 Å². The molecule has 1 aliphatic rings. The summed E-state index contributed by atoms with van der Waals surface area (Å²) < 4.78 is 11.6. The van der Waals surface area contributed by atoms with Crippen LogP contribution in [0.15, 0.2) is 30.3 Å². The number of methoxy groups -OCH3 is 1. The van der Waals surface area contributed by atoms with E-state index in [1.165, 1.54) is 17.6 Å². The van der Waals surface area contributed by atoms with Crippen LogP contribution in [-0.4, -0.2) is 53.5 Å². The number of thiophene rings is 1. The van der Waals surface area contributed by atoms with E-state index in [-0.39, 0.29) is 38.0 Å². The highest BCUT2D eigenvalue weighted by Gasteiger charge is 2.31. The van der Waals surface area contributed by atoms with Crippen LogP contribution in [0.4, 0.5) is 0 Å². The van der Waals surface area contributed by atoms with Crippen molar-refractivity contribution >= 4 is 40.4 Å². The molecule has 1 aromatic carbocycles. The van der Waals surface area contributed by atoms with E-state index in [1.54, 1.807) is 11.3 Å². The molecule has 0 saturated carbocycles. The third kappa shape index (κ3) is 6.58. The van der Waals surface area contributed by atoms with Crippen LogP contribution in [0.5, 0.6) is 0 Å². The molecule has 0 saturated heterocycles. The molecule has 3 heterocycles. The average molecular weight is 563 g/mol. The van der Waals surface area contributed by atoms with Gasteiger partial charge in [0.2, 0.25) is 5.91 Å². The van der Waals surface area contributed by atoms with Gasteiger partial charge >= 0.3 is 5.97 Å². The van der Waals surface area contributed by atoms with Crippen molar-refractivity contribution in [1.29, 1.82) is 0 Å². The molecule has 4 rings (SSSR count). The predicted octanol–water partition coefficient (Wildman–Crippen LogP) is 4.14. The number of benzene rings is 1. The van der Waals surface area contributed by atoms with Gasteiger partial charge in [0, 0.05) is 27.8 Å². The zero-order valence-electron chi connectivity index (χ0n) is 22.1. The lowest BCUT2D eigenvalue weighted by molar-refractivity contribution is -0.145. The van der Waals surface area contributed by atoms with Gasteiger partial charge < -0.3 is 14.8 Å². The summed E-state index contributed by atoms with van der Waals surface area (Å²) in [5.41, 5.74) is 4.36. The Hall–Kier alpha value is -3.89. The fraction of sp³-hybridized carbons (Fsp3) is 0.310. The molecule has 39 heavy (non-hydrogen) atoms. The van der Waals surface area contributed by atoms with E-state index in [9.17, 15) is 9.59 Å². The zero-order chi connectivity index (χ0) is 27.9. The second-order valence-corrected chi connectivity index (χ2v) is 10.4. The first-order valence-electron chi connectivity index (χ1n) is 12.2. The molecular weight excluding hydrogens is 536 g/mol. The monoisotopic (exact) mass is 562 g/mol. The molecule has 10 heteroatoms. The van der Waals surface area contributed by atoms with Crippen LogP contribution in [0.2, 0.25) is 5.02 Å². The van der Waals surface area contributed by atoms with Crippen molar-refractivity contribution in [3.8, 4) is 28.7 Å². The molecule has 2 aromatic heterocycles. The van der Waals surface area contributed by atoms with E-state index in [0.29, 0.717) is 5.02 Å². The first kappa shape index (κ1) is 28.1. The quantitative estimate of drug-likeness (QED) is 0.264. The Kier molecular flexibility index (Phi) is 9.21. The van der Waals surface area contributed by atoms with Gasteiger partial charge in [0.05, 0.1) is 13.7 Å². The molecule has 200 valence electrons. The van der Waals surface area contributed by atoms with Crippen molar-refractivity contribution in [2.45, 2.75) is 33.1 Å². The minimum Gasteiger partial charge on any atom is -0.467 e. The maximum Gasteiger partial charge on any atom is 0.331 e. The van der Waals surface area contributed by atoms with Gasteiger partial charge in [-0.05, 0) is 61.4 Å². The number of nitrogens with one attached hydrogen (secondary N) is 1. The highest BCUT2D eigenvalue weighted by atomic mass is 35.5. The molecule has 0 fully saturated rings. The minimum atomic E-state index is -0.469. The van der Waals surface area contributed by atoms with Gasteiger partial charge in [0.1, 0.15) is 29.9 Å². The SMILES string of the molecule is COC(=O)COCC#CC#CCNC(=O)C[C@@H]1C=C(c2ccc(Cl)cc2)c2c(sc(C)c2C)-n2c(C)nnc21. The highest BCUT2D eigenvalue weighted by molar-refractivity contribution is 7.15. The fourth-order valence-electron chi connectivity index (χ4n) is 4.16. The molecule has 0 bridgehead atoms. The number of esters is 1. The summed E-state index contributed by atoms with van der Waals surface area (Å²) in [5, 5.41) is 13.4. The van der Waals surface area contributed by atoms with E-state index in [0.717, 1.165) is 33.3 Å². The Morgan fingerprint density at radius 2 is 1.87 bits per heavy atom. The molecule has 1 atom stereocenters. The lowest BCUT2D eigenvalue weighted by Crippen LogP contribution is -2.25. The Morgan fingerprint density at radius 1 is 1.13 bits per heavy atom. The molecule has 1 aliphatic heterocycles. The summed E-state index contributed by atoms with van der Waals surface area (Å²) in [6, 6.07) is 7.74. The van der Waals surface area contributed by atoms with Crippen molar-refractivity contribution in [1.82, 2.24) is 20.1 Å². The van der Waals surface area contributed by atoms with Crippen LogP contribution < -0.4 is 5.32 Å². The predicted molar refractivity (Wildman–Crippen MR) is 151 cm³/mol. The number of hydrogen-bond acceptors (Lipinski definition) is 7. The van der Waals surface area contributed by atoms with Crippen molar-refractivity contribution in [2.24, 2.45) is 0 Å². The standard InChI is InChI=1S/C29H27ClN4O4S/c1-18-19(2)39-29-27(18)24(21-9-11-23(30)12-10-21)15-22(28-33-32-20(3)34(28)29)16-25(35)31-13-7-5-6-8-14-38-17-26(36)37-4/h9-12,15,22H,13-14,16-17H2,1-4H3,(H,31,35)/t22-/m0/s1. The molecule has 1 N–H and O–H groups in total. The van der Waals surface area contributed by atoms with Crippen LogP contribution in [0.3, 0.4) is 0 Å². The number of allylic oxidation sites excluding steroid dienone is 1. The molecule has 3 aromatic rings. The number of halogens is 1. The Labute approximate surface area is 236 Å². The fourth-order valence-corrected chi connectivity index (χ4v) is 5.51. The zero-order valence-corrected chi connectivity index (χ0v) is 23.6. The molecule has 0 unspecified atom stereocenters. The minimum absolute atomic E-state index is 0.0602. The second-order valence-electron chi connectivity index (χ2n) is 8.75. The number of ether oxygens (including phenoxy) is 2. The van der Waals surface area contributed by atoms with E-state index in [1.807, 2.05) is 31.2 Å². The Balaban J connectivity index is 1.53. The van der Waals surface area contributed by atoms with Crippen molar-refractivity contribution in [3.05, 3.63) is 68.6 Å². The third-order valence-corrected chi connectivity index (χ3v) is 7.63. The first-order chi connectivity index (χ1) is 18.8. The number of rotatable bonds is 7. The van der Waals surface area contributed by atoms with E-state index >= 15 is 0 Å². The Bertz CT molecular complexity index is 1550. The van der Waals surface area contributed by atoms with Gasteiger partial charge in [-0.1, -0.05) is 41.7 Å². The maximum absolute atomic E-state index is 12.9. The summed E-state index contributed by atoms with van der Waals surface area (Å²) in [6.07, 6.45) is 2.29. The smallest absolute Gasteiger partial charge is 0.331 e. The van der Waals surface area contributed by atoms with Crippen LogP contribution in [0, 0.1) is 44.5 Å². The number of carbonyl (C=O) groups is 2. The van der Waals surface area contributed by atoms with Crippen molar-refractivity contribution < 1.29 is 19.1 Å². The summed E-state index contributed by atoms with van der Waals surface area (Å²) in [6.45, 7) is 6.20. The summed E-state index contributed by atoms with van der Waals surface area (Å²) in [7, 11) is 1.29. The van der Waals surface area contributed by atoms with E-state index in [2.05, 4.69) is 68.4 Å². The lowest BCUT2D eigenvalue weighted by atomic mass is 9.92. The summed E-state index contributed by atoms with van der Waals surface area (Å²) in [5.74, 6) is 11.3. The van der Waals surface area contributed by atoms with Crippen LogP contribution in [0.1, 0.15) is 45.6 Å². The number of amides is 1. The molecule has 0 spiro atoms. The average Bonchev–Trinajstić information content (AvgIpc) is 3.40. The van der Waals surface area contributed by atoms with Crippen LogP contribution >= 0.6 is 22.9 Å². The normalized spacial score (nSPS) is 13.5. The first-order valence-corrected chi connectivity index (χ1v) is 13.4. The molecule has 1 amide bonds. The van der Waals surface area contributed by atoms with Gasteiger partial charge in [-0.2, -0.15) is 0 Å². The number of carbonyl (C=O) groups excluding carboxylic acids is 2. The largest absolute Gasteiger partial charge is 0.467 e. The maximum atomic E-state index is 12.9. The molecular formula is C29H27ClN4O4S. The third-order valence-electron chi connectivity index (χ3n) is 6.18. The van der Waals surface area contributed by atoms with Crippen molar-refractivity contribution in [3.63, 3.8) is 0 Å². The van der Waals surface area contributed by atoms with Gasteiger partial charge in [-0.3, -0.25) is 9.36 Å². The second kappa shape index (κ2) is 12.8. The number of hydrogen-bond donors (Lipinski definition) is 1. The summed E-state index contributed by atoms with van der Waals surface area (Å²) in [4.78, 5) is 25.1. The lowest BCUT2D eigenvalue weighted by Gasteiger charge is -2.13. The van der Waals surface area contributed by atoms with Crippen molar-refractivity contribution in [2.75, 3.05) is 26.9 Å². The topological polar surface area (TPSA) is 95.3 Å². The number of nitrogens with zero attached hydrogens (tertiary/aromatic N) is 3.